The van der Waals surface area contributed by atoms with Crippen molar-refractivity contribution in [3.05, 3.63) is 34.6 Å². The molecule has 1 saturated carbocycles. The third-order valence-electron chi connectivity index (χ3n) is 6.52. The van der Waals surface area contributed by atoms with E-state index in [4.69, 9.17) is 16.3 Å². The van der Waals surface area contributed by atoms with Gasteiger partial charge in [0.1, 0.15) is 5.82 Å². The minimum atomic E-state index is -0.540. The van der Waals surface area contributed by atoms with Crippen LogP contribution in [0.4, 0.5) is 4.39 Å². The lowest BCUT2D eigenvalue weighted by molar-refractivity contribution is -0.125. The van der Waals surface area contributed by atoms with Crippen molar-refractivity contribution in [3.63, 3.8) is 0 Å². The smallest absolute Gasteiger partial charge is 0.256 e. The van der Waals surface area contributed by atoms with Crippen molar-refractivity contribution < 1.29 is 18.7 Å². The molecule has 1 aliphatic carbocycles. The molecule has 1 unspecified atom stereocenters. The average molecular weight is 423 g/mol. The van der Waals surface area contributed by atoms with Crippen LogP contribution >= 0.6 is 11.6 Å². The third kappa shape index (κ3) is 4.92. The highest BCUT2D eigenvalue weighted by molar-refractivity contribution is 6.31. The number of piperidine rings is 1. The van der Waals surface area contributed by atoms with Gasteiger partial charge >= 0.3 is 0 Å². The molecular formula is C22H28ClFN2O3. The molecule has 2 aliphatic heterocycles. The molecule has 1 aromatic carbocycles. The number of hydrogen-bond acceptors (Lipinski definition) is 3. The van der Waals surface area contributed by atoms with E-state index < -0.39 is 5.82 Å². The lowest BCUT2D eigenvalue weighted by Crippen LogP contribution is -2.51. The third-order valence-corrected chi connectivity index (χ3v) is 6.75. The largest absolute Gasteiger partial charge is 0.375 e. The zero-order chi connectivity index (χ0) is 20.4. The summed E-state index contributed by atoms with van der Waals surface area (Å²) in [6.45, 7) is 2.55. The summed E-state index contributed by atoms with van der Waals surface area (Å²) in [5.41, 5.74) is -0.171. The second-order valence-electron chi connectivity index (χ2n) is 8.66. The van der Waals surface area contributed by atoms with Crippen molar-refractivity contribution >= 4 is 23.4 Å². The van der Waals surface area contributed by atoms with Gasteiger partial charge in [-0.25, -0.2) is 4.39 Å². The van der Waals surface area contributed by atoms with E-state index in [9.17, 15) is 14.0 Å². The van der Waals surface area contributed by atoms with E-state index in [1.54, 1.807) is 4.90 Å². The van der Waals surface area contributed by atoms with Crippen LogP contribution in [-0.2, 0) is 9.53 Å². The number of benzene rings is 1. The Hall–Kier alpha value is -1.66. The molecule has 1 N–H and O–H groups in total. The molecule has 1 aromatic rings. The fraction of sp³-hybridized carbons (Fsp3) is 0.636. The minimum absolute atomic E-state index is 0.0299. The summed E-state index contributed by atoms with van der Waals surface area (Å²) in [5.74, 6) is 0.127. The highest BCUT2D eigenvalue weighted by atomic mass is 35.5. The molecule has 5 nitrogen and oxygen atoms in total. The van der Waals surface area contributed by atoms with Crippen molar-refractivity contribution in [2.75, 3.05) is 26.2 Å². The number of nitrogens with zero attached hydrogens (tertiary/aromatic N) is 1. The Balaban J connectivity index is 1.28. The maximum atomic E-state index is 14.0. The first-order valence-corrected chi connectivity index (χ1v) is 11.0. The lowest BCUT2D eigenvalue weighted by Gasteiger charge is -2.46. The summed E-state index contributed by atoms with van der Waals surface area (Å²) >= 11 is 5.93. The summed E-state index contributed by atoms with van der Waals surface area (Å²) in [7, 11) is 0. The van der Waals surface area contributed by atoms with Crippen LogP contribution in [0.15, 0.2) is 18.2 Å². The number of nitrogens with one attached hydrogen (secondary N) is 1. The molecule has 2 saturated heterocycles. The van der Waals surface area contributed by atoms with E-state index in [-0.39, 0.29) is 28.9 Å². The molecule has 3 fully saturated rings. The van der Waals surface area contributed by atoms with Crippen molar-refractivity contribution in [2.45, 2.75) is 50.5 Å². The van der Waals surface area contributed by atoms with Gasteiger partial charge in [0.05, 0.1) is 11.2 Å². The van der Waals surface area contributed by atoms with E-state index in [0.717, 1.165) is 58.1 Å². The Kier molecular flexibility index (Phi) is 6.11. The summed E-state index contributed by atoms with van der Waals surface area (Å²) in [6.07, 6.45) is 6.51. The van der Waals surface area contributed by atoms with E-state index in [0.29, 0.717) is 24.0 Å². The van der Waals surface area contributed by atoms with Crippen molar-refractivity contribution in [3.8, 4) is 0 Å². The Morgan fingerprint density at radius 3 is 2.72 bits per heavy atom. The Bertz CT molecular complexity index is 775. The topological polar surface area (TPSA) is 58.6 Å². The number of rotatable bonds is 5. The van der Waals surface area contributed by atoms with Crippen molar-refractivity contribution in [2.24, 2.45) is 11.8 Å². The van der Waals surface area contributed by atoms with E-state index in [1.165, 1.54) is 18.2 Å². The van der Waals surface area contributed by atoms with Gasteiger partial charge < -0.3 is 15.0 Å². The van der Waals surface area contributed by atoms with E-state index in [2.05, 4.69) is 5.32 Å². The molecule has 0 bridgehead atoms. The lowest BCUT2D eigenvalue weighted by atomic mass is 9.78. The van der Waals surface area contributed by atoms with Gasteiger partial charge in [-0.15, -0.1) is 0 Å². The molecule has 0 radical (unpaired) electrons. The highest BCUT2D eigenvalue weighted by Gasteiger charge is 2.41. The first kappa shape index (κ1) is 20.6. The minimum Gasteiger partial charge on any atom is -0.375 e. The molecular weight excluding hydrogens is 395 g/mol. The fourth-order valence-electron chi connectivity index (χ4n) is 4.56. The SMILES string of the molecule is O=C(NCCC1CCOC2(CCN(C(=O)c3cc(Cl)ccc3F)CC2)C1)C1CC1. The summed E-state index contributed by atoms with van der Waals surface area (Å²) < 4.78 is 20.2. The normalized spacial score (nSPS) is 23.8. The Morgan fingerprint density at radius 2 is 2.00 bits per heavy atom. The molecule has 0 aromatic heterocycles. The molecule has 7 heteroatoms. The summed E-state index contributed by atoms with van der Waals surface area (Å²) in [6, 6.07) is 4.08. The van der Waals surface area contributed by atoms with E-state index >= 15 is 0 Å². The number of carbonyl (C=O) groups is 2. The number of hydrogen-bond donors (Lipinski definition) is 1. The molecule has 2 amide bonds. The van der Waals surface area contributed by atoms with Gasteiger partial charge in [0.15, 0.2) is 0 Å². The zero-order valence-corrected chi connectivity index (χ0v) is 17.3. The number of halogens is 2. The summed E-state index contributed by atoms with van der Waals surface area (Å²) in [4.78, 5) is 26.2. The standard InChI is InChI=1S/C22H28ClFN2O3/c23-17-3-4-19(24)18(13-17)21(28)26-10-7-22(8-11-26)14-15(6-12-29-22)5-9-25-20(27)16-1-2-16/h3-4,13,15-16H,1-2,5-12,14H2,(H,25,27). The van der Waals surface area contributed by atoms with Crippen LogP contribution in [0.25, 0.3) is 0 Å². The first-order valence-electron chi connectivity index (χ1n) is 10.6. The average Bonchev–Trinajstić information content (AvgIpc) is 3.55. The number of likely N-dealkylation sites (tertiary alicyclic amines) is 1. The fourth-order valence-corrected chi connectivity index (χ4v) is 4.73. The Morgan fingerprint density at radius 1 is 1.24 bits per heavy atom. The molecule has 158 valence electrons. The number of ether oxygens (including phenoxy) is 1. The van der Waals surface area contributed by atoms with Crippen molar-refractivity contribution in [1.82, 2.24) is 10.2 Å². The predicted octanol–water partition coefficient (Wildman–Crippen LogP) is 3.80. The van der Waals surface area contributed by atoms with Crippen LogP contribution in [0.5, 0.6) is 0 Å². The second kappa shape index (κ2) is 8.60. The molecule has 4 rings (SSSR count). The van der Waals surface area contributed by atoms with E-state index in [1.807, 2.05) is 0 Å². The molecule has 29 heavy (non-hydrogen) atoms. The van der Waals surface area contributed by atoms with Gasteiger partial charge in [-0.05, 0) is 69.1 Å². The monoisotopic (exact) mass is 422 g/mol. The maximum absolute atomic E-state index is 14.0. The van der Waals surface area contributed by atoms with Crippen LogP contribution < -0.4 is 5.32 Å². The molecule has 1 atom stereocenters. The predicted molar refractivity (Wildman–Crippen MR) is 108 cm³/mol. The zero-order valence-electron chi connectivity index (χ0n) is 16.6. The quantitative estimate of drug-likeness (QED) is 0.785. The Labute approximate surface area is 175 Å². The van der Waals surface area contributed by atoms with Crippen LogP contribution in [0.3, 0.4) is 0 Å². The van der Waals surface area contributed by atoms with Gasteiger partial charge in [-0.3, -0.25) is 9.59 Å². The van der Waals surface area contributed by atoms with Crippen molar-refractivity contribution in [1.29, 1.82) is 0 Å². The van der Waals surface area contributed by atoms with Gasteiger partial charge in [0, 0.05) is 37.2 Å². The van der Waals surface area contributed by atoms with Crippen LogP contribution in [0, 0.1) is 17.7 Å². The number of amides is 2. The van der Waals surface area contributed by atoms with Crippen LogP contribution in [0.1, 0.15) is 55.3 Å². The van der Waals surface area contributed by atoms with Gasteiger partial charge in [-0.1, -0.05) is 11.6 Å². The molecule has 3 aliphatic rings. The number of carbonyl (C=O) groups excluding carboxylic acids is 2. The molecule has 2 heterocycles. The van der Waals surface area contributed by atoms with Gasteiger partial charge in [0.25, 0.3) is 5.91 Å². The summed E-state index contributed by atoms with van der Waals surface area (Å²) in [5, 5.41) is 3.41. The maximum Gasteiger partial charge on any atom is 0.256 e. The second-order valence-corrected chi connectivity index (χ2v) is 9.10. The van der Waals surface area contributed by atoms with Gasteiger partial charge in [-0.2, -0.15) is 0 Å². The van der Waals surface area contributed by atoms with Crippen LogP contribution in [-0.4, -0.2) is 48.6 Å². The van der Waals surface area contributed by atoms with Crippen LogP contribution in [0.2, 0.25) is 5.02 Å². The first-order chi connectivity index (χ1) is 14.0. The highest BCUT2D eigenvalue weighted by Crippen LogP contribution is 2.39. The van der Waals surface area contributed by atoms with Gasteiger partial charge in [0.2, 0.25) is 5.91 Å². The molecule has 1 spiro atoms.